The van der Waals surface area contributed by atoms with E-state index in [4.69, 9.17) is 4.42 Å². The van der Waals surface area contributed by atoms with Crippen molar-refractivity contribution in [2.45, 2.75) is 43.4 Å². The van der Waals surface area contributed by atoms with Crippen LogP contribution in [0.25, 0.3) is 0 Å². The highest BCUT2D eigenvalue weighted by molar-refractivity contribution is 5.58. The zero-order chi connectivity index (χ0) is 20.7. The fourth-order valence-corrected chi connectivity index (χ4v) is 3.35. The van der Waals surface area contributed by atoms with Gasteiger partial charge in [-0.1, -0.05) is 12.1 Å². The largest absolute Gasteiger partial charge is 0.472 e. The van der Waals surface area contributed by atoms with E-state index in [-0.39, 0.29) is 12.0 Å². The zero-order valence-electron chi connectivity index (χ0n) is 14.4. The summed E-state index contributed by atoms with van der Waals surface area (Å²) < 4.78 is 83.9. The fourth-order valence-electron chi connectivity index (χ4n) is 3.35. The lowest BCUT2D eigenvalue weighted by Gasteiger charge is -2.34. The van der Waals surface area contributed by atoms with Gasteiger partial charge in [0.1, 0.15) is 0 Å². The maximum absolute atomic E-state index is 13.2. The molecule has 1 aromatic carbocycles. The van der Waals surface area contributed by atoms with E-state index in [9.17, 15) is 36.6 Å². The van der Waals surface area contributed by atoms with Crippen molar-refractivity contribution in [1.29, 1.82) is 0 Å². The molecule has 0 radical (unpaired) electrons. The number of aliphatic hydroxyl groups excluding tert-OH is 1. The van der Waals surface area contributed by atoms with Gasteiger partial charge >= 0.3 is 12.4 Å². The lowest BCUT2D eigenvalue weighted by atomic mass is 9.89. The number of nitrogens with zero attached hydrogens (tertiary/aromatic N) is 1. The summed E-state index contributed by atoms with van der Waals surface area (Å²) in [6, 6.07) is 3.90. The number of alkyl halides is 6. The number of rotatable bonds is 3. The van der Waals surface area contributed by atoms with Crippen LogP contribution in [0.4, 0.5) is 32.0 Å². The first-order valence-electron chi connectivity index (χ1n) is 8.43. The Morgan fingerprint density at radius 3 is 2.25 bits per heavy atom. The predicted molar refractivity (Wildman–Crippen MR) is 86.4 cm³/mol. The number of hydrogen-bond acceptors (Lipinski definition) is 4. The third kappa shape index (κ3) is 3.35. The van der Waals surface area contributed by atoms with E-state index < -0.39 is 29.7 Å². The molecule has 0 bridgehead atoms. The molecule has 0 amide bonds. The summed E-state index contributed by atoms with van der Waals surface area (Å²) in [5.74, 6) is 0. The third-order valence-corrected chi connectivity index (χ3v) is 4.86. The molecule has 0 spiro atoms. The standard InChI is InChI=1S/C18H17F6NO3/c19-17(20,21)16(27,18(22,23)24)13-4-5-14-11(9-13)3-1-2-7-25(14)15(26)12-6-8-28-10-12/h4-6,8-10,15,26-27H,1-3,7H2. The van der Waals surface area contributed by atoms with Gasteiger partial charge in [0, 0.05) is 23.4 Å². The fraction of sp³-hybridized carbons (Fsp3) is 0.444. The number of hydrogen-bond donors (Lipinski definition) is 2. The molecule has 2 N–H and O–H groups in total. The molecule has 1 aliphatic heterocycles. The molecule has 0 saturated heterocycles. The molecule has 1 atom stereocenters. The maximum atomic E-state index is 13.2. The Bertz CT molecular complexity index is 802. The molecule has 0 fully saturated rings. The normalized spacial score (nSPS) is 17.2. The first-order valence-corrected chi connectivity index (χ1v) is 8.43. The minimum Gasteiger partial charge on any atom is -0.472 e. The molecular formula is C18H17F6NO3. The van der Waals surface area contributed by atoms with E-state index in [2.05, 4.69) is 0 Å². The molecule has 1 unspecified atom stereocenters. The van der Waals surface area contributed by atoms with Gasteiger partial charge in [0.25, 0.3) is 5.60 Å². The molecule has 3 rings (SSSR count). The minimum atomic E-state index is -5.94. The first kappa shape index (κ1) is 20.5. The quantitative estimate of drug-likeness (QED) is 0.737. The summed E-state index contributed by atoms with van der Waals surface area (Å²) in [5, 5.41) is 20.2. The molecular weight excluding hydrogens is 392 g/mol. The van der Waals surface area contributed by atoms with E-state index >= 15 is 0 Å². The van der Waals surface area contributed by atoms with Crippen LogP contribution in [-0.2, 0) is 12.0 Å². The highest BCUT2D eigenvalue weighted by Gasteiger charge is 2.71. The van der Waals surface area contributed by atoms with Crippen LogP contribution in [0, 0.1) is 0 Å². The van der Waals surface area contributed by atoms with Gasteiger partial charge in [-0.25, -0.2) is 0 Å². The topological polar surface area (TPSA) is 56.8 Å². The Hall–Kier alpha value is -2.20. The van der Waals surface area contributed by atoms with Crippen LogP contribution in [0.3, 0.4) is 0 Å². The van der Waals surface area contributed by atoms with Crippen molar-refractivity contribution in [3.05, 3.63) is 53.5 Å². The maximum Gasteiger partial charge on any atom is 0.430 e. The second-order valence-electron chi connectivity index (χ2n) is 6.63. The molecule has 2 heterocycles. The van der Waals surface area contributed by atoms with E-state index in [0.717, 1.165) is 12.1 Å². The van der Waals surface area contributed by atoms with Gasteiger partial charge in [0.2, 0.25) is 0 Å². The van der Waals surface area contributed by atoms with Crippen molar-refractivity contribution in [2.75, 3.05) is 11.4 Å². The molecule has 0 saturated carbocycles. The third-order valence-electron chi connectivity index (χ3n) is 4.86. The second-order valence-corrected chi connectivity index (χ2v) is 6.63. The van der Waals surface area contributed by atoms with Crippen molar-refractivity contribution in [3.8, 4) is 0 Å². The summed E-state index contributed by atoms with van der Waals surface area (Å²) >= 11 is 0. The lowest BCUT2D eigenvalue weighted by molar-refractivity contribution is -0.376. The molecule has 28 heavy (non-hydrogen) atoms. The van der Waals surface area contributed by atoms with Gasteiger partial charge in [-0.3, -0.25) is 0 Å². The molecule has 10 heteroatoms. The van der Waals surface area contributed by atoms with Gasteiger partial charge in [-0.05, 0) is 37.0 Å². The van der Waals surface area contributed by atoms with Gasteiger partial charge in [0.15, 0.2) is 6.23 Å². The number of aliphatic hydroxyl groups is 2. The van der Waals surface area contributed by atoms with E-state index in [1.807, 2.05) is 0 Å². The summed E-state index contributed by atoms with van der Waals surface area (Å²) in [7, 11) is 0. The van der Waals surface area contributed by atoms with Gasteiger partial charge in [0.05, 0.1) is 12.5 Å². The second kappa shape index (κ2) is 7.00. The Morgan fingerprint density at radius 2 is 1.68 bits per heavy atom. The SMILES string of the molecule is OC(c1ccoc1)N1CCCCc2cc(C(O)(C(F)(F)F)C(F)(F)F)ccc21. The van der Waals surface area contributed by atoms with Crippen LogP contribution in [0.5, 0.6) is 0 Å². The van der Waals surface area contributed by atoms with Crippen LogP contribution in [0.2, 0.25) is 0 Å². The van der Waals surface area contributed by atoms with E-state index in [1.54, 1.807) is 0 Å². The Balaban J connectivity index is 2.07. The van der Waals surface area contributed by atoms with Gasteiger partial charge < -0.3 is 19.5 Å². The number of fused-ring (bicyclic) bond motifs is 1. The monoisotopic (exact) mass is 409 g/mol. The van der Waals surface area contributed by atoms with Crippen molar-refractivity contribution < 1.29 is 41.0 Å². The number of anilines is 1. The summed E-state index contributed by atoms with van der Waals surface area (Å²) in [6.45, 7) is 0.349. The van der Waals surface area contributed by atoms with Crippen LogP contribution in [0.1, 0.15) is 35.8 Å². The van der Waals surface area contributed by atoms with E-state index in [1.165, 1.54) is 23.5 Å². The Labute approximate surface area is 156 Å². The van der Waals surface area contributed by atoms with Crippen molar-refractivity contribution in [2.24, 2.45) is 0 Å². The van der Waals surface area contributed by atoms with Crippen molar-refractivity contribution in [3.63, 3.8) is 0 Å². The van der Waals surface area contributed by atoms with E-state index in [0.29, 0.717) is 36.7 Å². The van der Waals surface area contributed by atoms with Crippen LogP contribution < -0.4 is 4.90 Å². The summed E-state index contributed by atoms with van der Waals surface area (Å²) in [5.41, 5.74) is -5.38. The molecule has 154 valence electrons. The number of halogens is 6. The average molecular weight is 409 g/mol. The van der Waals surface area contributed by atoms with Gasteiger partial charge in [-0.15, -0.1) is 0 Å². The number of furan rings is 1. The van der Waals surface area contributed by atoms with Crippen molar-refractivity contribution in [1.82, 2.24) is 0 Å². The molecule has 0 aliphatic carbocycles. The summed E-state index contributed by atoms with van der Waals surface area (Å²) in [4.78, 5) is 1.48. The molecule has 4 nitrogen and oxygen atoms in total. The average Bonchev–Trinajstić information content (AvgIpc) is 3.05. The van der Waals surface area contributed by atoms with Crippen LogP contribution >= 0.6 is 0 Å². The highest BCUT2D eigenvalue weighted by atomic mass is 19.4. The highest BCUT2D eigenvalue weighted by Crippen LogP contribution is 2.51. The summed E-state index contributed by atoms with van der Waals surface area (Å²) in [6.07, 6.45) is -9.14. The number of benzene rings is 1. The molecule has 1 aromatic heterocycles. The smallest absolute Gasteiger partial charge is 0.430 e. The van der Waals surface area contributed by atoms with Crippen LogP contribution in [-0.4, -0.2) is 29.1 Å². The molecule has 2 aromatic rings. The Kier molecular flexibility index (Phi) is 5.13. The first-order chi connectivity index (χ1) is 13.0. The number of aryl methyl sites for hydroxylation is 1. The van der Waals surface area contributed by atoms with Crippen molar-refractivity contribution >= 4 is 5.69 Å². The molecule has 1 aliphatic rings. The van der Waals surface area contributed by atoms with Crippen LogP contribution in [0.15, 0.2) is 41.2 Å². The minimum absolute atomic E-state index is 0.185. The van der Waals surface area contributed by atoms with Gasteiger partial charge in [-0.2, -0.15) is 26.3 Å². The zero-order valence-corrected chi connectivity index (χ0v) is 14.4. The lowest BCUT2D eigenvalue weighted by Crippen LogP contribution is -2.54. The predicted octanol–water partition coefficient (Wildman–Crippen LogP) is 4.43. The Morgan fingerprint density at radius 1 is 1.00 bits per heavy atom.